The quantitative estimate of drug-likeness (QED) is 0.686. The highest BCUT2D eigenvalue weighted by molar-refractivity contribution is 5.63. The first kappa shape index (κ1) is 9.91. The van der Waals surface area contributed by atoms with E-state index in [0.717, 1.165) is 17.5 Å². The van der Waals surface area contributed by atoms with Crippen molar-refractivity contribution in [2.24, 2.45) is 0 Å². The third kappa shape index (κ3) is 2.24. The maximum absolute atomic E-state index is 12.7. The molecule has 0 aromatic heterocycles. The number of aryl methyl sites for hydroxylation is 1. The van der Waals surface area contributed by atoms with Crippen LogP contribution in [0, 0.1) is 5.82 Å². The fraction of sp³-hybridized carbons (Fsp3) is 0.143. The molecule has 0 fully saturated rings. The second-order valence-electron chi connectivity index (χ2n) is 3.56. The number of hydrogen-bond acceptors (Lipinski definition) is 0. The molecule has 0 heterocycles. The van der Waals surface area contributed by atoms with E-state index in [2.05, 4.69) is 31.2 Å². The molecule has 0 saturated carbocycles. The van der Waals surface area contributed by atoms with E-state index >= 15 is 0 Å². The van der Waals surface area contributed by atoms with Crippen LogP contribution in [-0.4, -0.2) is 0 Å². The summed E-state index contributed by atoms with van der Waals surface area (Å²) in [5, 5.41) is 0. The first-order chi connectivity index (χ1) is 7.29. The topological polar surface area (TPSA) is 0 Å². The van der Waals surface area contributed by atoms with Gasteiger partial charge in [0.1, 0.15) is 5.82 Å². The van der Waals surface area contributed by atoms with Crippen LogP contribution in [-0.2, 0) is 6.42 Å². The Bertz CT molecular complexity index is 426. The lowest BCUT2D eigenvalue weighted by atomic mass is 10.0. The largest absolute Gasteiger partial charge is 0.207 e. The minimum atomic E-state index is -0.191. The van der Waals surface area contributed by atoms with E-state index < -0.39 is 0 Å². The third-order valence-corrected chi connectivity index (χ3v) is 2.54. The zero-order valence-corrected chi connectivity index (χ0v) is 8.70. The molecule has 76 valence electrons. The van der Waals surface area contributed by atoms with Crippen molar-refractivity contribution >= 4 is 0 Å². The van der Waals surface area contributed by atoms with E-state index in [1.807, 2.05) is 0 Å². The average molecular weight is 200 g/mol. The summed E-state index contributed by atoms with van der Waals surface area (Å²) in [6, 6.07) is 15.0. The van der Waals surface area contributed by atoms with Gasteiger partial charge >= 0.3 is 0 Å². The zero-order chi connectivity index (χ0) is 10.7. The Kier molecular flexibility index (Phi) is 2.82. The molecule has 0 radical (unpaired) electrons. The molecule has 1 heteroatoms. The standard InChI is InChI=1S/C14H13F/c1-2-11-3-5-12(6-4-11)13-7-9-14(15)10-8-13/h3-10H,2H2,1H3. The zero-order valence-electron chi connectivity index (χ0n) is 8.70. The van der Waals surface area contributed by atoms with Gasteiger partial charge in [-0.3, -0.25) is 0 Å². The molecular formula is C14H13F. The van der Waals surface area contributed by atoms with Gasteiger partial charge in [0.25, 0.3) is 0 Å². The van der Waals surface area contributed by atoms with Gasteiger partial charge in [-0.2, -0.15) is 0 Å². The maximum Gasteiger partial charge on any atom is 0.123 e. The molecular weight excluding hydrogens is 187 g/mol. The van der Waals surface area contributed by atoms with Crippen molar-refractivity contribution in [2.45, 2.75) is 13.3 Å². The lowest BCUT2D eigenvalue weighted by Gasteiger charge is -2.02. The van der Waals surface area contributed by atoms with Crippen LogP contribution in [0.1, 0.15) is 12.5 Å². The Morgan fingerprint density at radius 3 is 1.73 bits per heavy atom. The molecule has 15 heavy (non-hydrogen) atoms. The Morgan fingerprint density at radius 2 is 1.27 bits per heavy atom. The third-order valence-electron chi connectivity index (χ3n) is 2.54. The minimum Gasteiger partial charge on any atom is -0.207 e. The highest BCUT2D eigenvalue weighted by Crippen LogP contribution is 2.20. The van der Waals surface area contributed by atoms with Crippen molar-refractivity contribution < 1.29 is 4.39 Å². The molecule has 0 bridgehead atoms. The number of benzene rings is 2. The smallest absolute Gasteiger partial charge is 0.123 e. The van der Waals surface area contributed by atoms with Crippen LogP contribution in [0.25, 0.3) is 11.1 Å². The van der Waals surface area contributed by atoms with Crippen LogP contribution in [0.5, 0.6) is 0 Å². The Hall–Kier alpha value is -1.63. The van der Waals surface area contributed by atoms with Gasteiger partial charge in [0, 0.05) is 0 Å². The molecule has 0 aliphatic carbocycles. The summed E-state index contributed by atoms with van der Waals surface area (Å²) in [5.41, 5.74) is 3.51. The van der Waals surface area contributed by atoms with Gasteiger partial charge in [-0.1, -0.05) is 43.3 Å². The molecule has 0 aliphatic rings. The summed E-state index contributed by atoms with van der Waals surface area (Å²) >= 11 is 0. The lowest BCUT2D eigenvalue weighted by molar-refractivity contribution is 0.628. The molecule has 0 amide bonds. The van der Waals surface area contributed by atoms with Crippen LogP contribution in [0.3, 0.4) is 0 Å². The summed E-state index contributed by atoms with van der Waals surface area (Å²) in [5.74, 6) is -0.191. The molecule has 2 aromatic carbocycles. The molecule has 0 unspecified atom stereocenters. The maximum atomic E-state index is 12.7. The van der Waals surface area contributed by atoms with Gasteiger partial charge in [0.2, 0.25) is 0 Å². The predicted molar refractivity (Wildman–Crippen MR) is 61.2 cm³/mol. The van der Waals surface area contributed by atoms with Crippen LogP contribution < -0.4 is 0 Å². The van der Waals surface area contributed by atoms with Crippen LogP contribution in [0.4, 0.5) is 4.39 Å². The SMILES string of the molecule is CCc1ccc(-c2ccc(F)cc2)cc1. The first-order valence-electron chi connectivity index (χ1n) is 5.14. The van der Waals surface area contributed by atoms with E-state index in [1.54, 1.807) is 12.1 Å². The van der Waals surface area contributed by atoms with E-state index in [0.29, 0.717) is 0 Å². The normalized spacial score (nSPS) is 10.3. The molecule has 0 aliphatic heterocycles. The monoisotopic (exact) mass is 200 g/mol. The van der Waals surface area contributed by atoms with Gasteiger partial charge in [0.15, 0.2) is 0 Å². The highest BCUT2D eigenvalue weighted by Gasteiger charge is 1.97. The molecule has 0 saturated heterocycles. The van der Waals surface area contributed by atoms with Gasteiger partial charge in [-0.15, -0.1) is 0 Å². The second-order valence-corrected chi connectivity index (χ2v) is 3.56. The van der Waals surface area contributed by atoms with Crippen molar-refractivity contribution in [3.63, 3.8) is 0 Å². The predicted octanol–water partition coefficient (Wildman–Crippen LogP) is 4.06. The van der Waals surface area contributed by atoms with Gasteiger partial charge in [-0.25, -0.2) is 4.39 Å². The molecule has 2 rings (SSSR count). The van der Waals surface area contributed by atoms with E-state index in [9.17, 15) is 4.39 Å². The van der Waals surface area contributed by atoms with Gasteiger partial charge in [-0.05, 0) is 35.2 Å². The summed E-state index contributed by atoms with van der Waals surface area (Å²) in [6.07, 6.45) is 1.05. The number of rotatable bonds is 2. The molecule has 0 spiro atoms. The highest BCUT2D eigenvalue weighted by atomic mass is 19.1. The molecule has 2 aromatic rings. The molecule has 0 atom stereocenters. The lowest BCUT2D eigenvalue weighted by Crippen LogP contribution is -1.81. The van der Waals surface area contributed by atoms with Crippen molar-refractivity contribution in [1.82, 2.24) is 0 Å². The number of hydrogen-bond donors (Lipinski definition) is 0. The van der Waals surface area contributed by atoms with E-state index in [-0.39, 0.29) is 5.82 Å². The van der Waals surface area contributed by atoms with Crippen molar-refractivity contribution in [2.75, 3.05) is 0 Å². The summed E-state index contributed by atoms with van der Waals surface area (Å²) in [4.78, 5) is 0. The summed E-state index contributed by atoms with van der Waals surface area (Å²) in [6.45, 7) is 2.13. The first-order valence-corrected chi connectivity index (χ1v) is 5.14. The summed E-state index contributed by atoms with van der Waals surface area (Å²) in [7, 11) is 0. The Morgan fingerprint density at radius 1 is 0.800 bits per heavy atom. The van der Waals surface area contributed by atoms with Crippen molar-refractivity contribution in [3.8, 4) is 11.1 Å². The minimum absolute atomic E-state index is 0.191. The second kappa shape index (κ2) is 4.26. The Labute approximate surface area is 89.4 Å². The fourth-order valence-corrected chi connectivity index (χ4v) is 1.58. The van der Waals surface area contributed by atoms with Crippen LogP contribution in [0.15, 0.2) is 48.5 Å². The van der Waals surface area contributed by atoms with E-state index in [1.165, 1.54) is 17.7 Å². The average Bonchev–Trinajstić information content (AvgIpc) is 2.30. The summed E-state index contributed by atoms with van der Waals surface area (Å²) < 4.78 is 12.7. The van der Waals surface area contributed by atoms with Gasteiger partial charge < -0.3 is 0 Å². The van der Waals surface area contributed by atoms with Crippen LogP contribution >= 0.6 is 0 Å². The number of halogens is 1. The van der Waals surface area contributed by atoms with Crippen molar-refractivity contribution in [3.05, 3.63) is 59.9 Å². The molecule has 0 N–H and O–H groups in total. The molecule has 0 nitrogen and oxygen atoms in total. The Balaban J connectivity index is 2.33. The van der Waals surface area contributed by atoms with Crippen LogP contribution in [0.2, 0.25) is 0 Å². The van der Waals surface area contributed by atoms with Gasteiger partial charge in [0.05, 0.1) is 0 Å². The van der Waals surface area contributed by atoms with E-state index in [4.69, 9.17) is 0 Å². The van der Waals surface area contributed by atoms with Crippen molar-refractivity contribution in [1.29, 1.82) is 0 Å². The fourth-order valence-electron chi connectivity index (χ4n) is 1.58.